The smallest absolute Gasteiger partial charge is 0.232 e. The second-order valence-corrected chi connectivity index (χ2v) is 6.53. The fourth-order valence-corrected chi connectivity index (χ4v) is 3.75. The molecule has 1 rings (SSSR count). The van der Waals surface area contributed by atoms with Crippen molar-refractivity contribution in [3.05, 3.63) is 0 Å². The zero-order valence-electron chi connectivity index (χ0n) is 10.2. The van der Waals surface area contributed by atoms with Crippen molar-refractivity contribution in [2.45, 2.75) is 31.4 Å². The minimum absolute atomic E-state index is 0.209. The van der Waals surface area contributed by atoms with Gasteiger partial charge in [0.1, 0.15) is 0 Å². The highest BCUT2D eigenvalue weighted by atomic mass is 32.2. The molecule has 0 aromatic rings. The summed E-state index contributed by atoms with van der Waals surface area (Å²) in [6.45, 7) is 3.31. The molecule has 1 fully saturated rings. The average Bonchev–Trinajstić information content (AvgIpc) is 2.77. The SMILES string of the molecule is CCCCN(CC(N)=O)S(=O)(=O)C1CCNC1. The maximum absolute atomic E-state index is 12.3. The lowest BCUT2D eigenvalue weighted by atomic mass is 10.3. The van der Waals surface area contributed by atoms with Crippen molar-refractivity contribution in [2.75, 3.05) is 26.2 Å². The molecule has 17 heavy (non-hydrogen) atoms. The Balaban J connectivity index is 2.75. The van der Waals surface area contributed by atoms with E-state index < -0.39 is 21.2 Å². The van der Waals surface area contributed by atoms with Crippen LogP contribution in [-0.4, -0.2) is 50.1 Å². The van der Waals surface area contributed by atoms with Crippen LogP contribution in [-0.2, 0) is 14.8 Å². The molecule has 3 N–H and O–H groups in total. The fourth-order valence-electron chi connectivity index (χ4n) is 1.90. The molecule has 6 nitrogen and oxygen atoms in total. The molecule has 0 aromatic heterocycles. The number of nitrogens with zero attached hydrogens (tertiary/aromatic N) is 1. The van der Waals surface area contributed by atoms with E-state index in [9.17, 15) is 13.2 Å². The van der Waals surface area contributed by atoms with Gasteiger partial charge in [0.25, 0.3) is 0 Å². The molecule has 1 aliphatic rings. The molecule has 7 heteroatoms. The Morgan fingerprint density at radius 3 is 2.71 bits per heavy atom. The van der Waals surface area contributed by atoms with Crippen LogP contribution in [0.15, 0.2) is 0 Å². The largest absolute Gasteiger partial charge is 0.369 e. The van der Waals surface area contributed by atoms with Gasteiger partial charge in [0.05, 0.1) is 11.8 Å². The number of carbonyl (C=O) groups is 1. The Bertz CT molecular complexity index is 350. The molecule has 0 aromatic carbocycles. The Morgan fingerprint density at radius 2 is 2.24 bits per heavy atom. The van der Waals surface area contributed by atoms with Crippen molar-refractivity contribution in [1.82, 2.24) is 9.62 Å². The quantitative estimate of drug-likeness (QED) is 0.633. The third kappa shape index (κ3) is 3.93. The van der Waals surface area contributed by atoms with Gasteiger partial charge in [0.2, 0.25) is 15.9 Å². The summed E-state index contributed by atoms with van der Waals surface area (Å²) < 4.78 is 25.7. The molecule has 1 heterocycles. The predicted octanol–water partition coefficient (Wildman–Crippen LogP) is -0.734. The number of nitrogens with one attached hydrogen (secondary N) is 1. The van der Waals surface area contributed by atoms with Crippen LogP contribution in [0, 0.1) is 0 Å². The van der Waals surface area contributed by atoms with E-state index in [-0.39, 0.29) is 6.54 Å². The molecule has 0 spiro atoms. The van der Waals surface area contributed by atoms with E-state index in [1.807, 2.05) is 6.92 Å². The van der Waals surface area contributed by atoms with Gasteiger partial charge in [-0.05, 0) is 19.4 Å². The maximum Gasteiger partial charge on any atom is 0.232 e. The first-order valence-electron chi connectivity index (χ1n) is 5.96. The standard InChI is InChI=1S/C10H21N3O3S/c1-2-3-6-13(8-10(11)14)17(15,16)9-4-5-12-7-9/h9,12H,2-8H2,1H3,(H2,11,14). The van der Waals surface area contributed by atoms with Crippen LogP contribution in [0.1, 0.15) is 26.2 Å². The van der Waals surface area contributed by atoms with E-state index in [2.05, 4.69) is 5.32 Å². The van der Waals surface area contributed by atoms with Gasteiger partial charge in [-0.3, -0.25) is 4.79 Å². The summed E-state index contributed by atoms with van der Waals surface area (Å²) in [5.41, 5.74) is 5.10. The second kappa shape index (κ2) is 6.32. The zero-order valence-corrected chi connectivity index (χ0v) is 11.0. The second-order valence-electron chi connectivity index (χ2n) is 4.31. The summed E-state index contributed by atoms with van der Waals surface area (Å²) in [5, 5.41) is 2.60. The highest BCUT2D eigenvalue weighted by molar-refractivity contribution is 7.89. The minimum Gasteiger partial charge on any atom is -0.369 e. The van der Waals surface area contributed by atoms with Crippen LogP contribution in [0.4, 0.5) is 0 Å². The predicted molar refractivity (Wildman–Crippen MR) is 65.9 cm³/mol. The minimum atomic E-state index is -3.40. The number of amides is 1. The van der Waals surface area contributed by atoms with Gasteiger partial charge < -0.3 is 11.1 Å². The Morgan fingerprint density at radius 1 is 1.53 bits per heavy atom. The normalized spacial score (nSPS) is 20.9. The molecular formula is C10H21N3O3S. The van der Waals surface area contributed by atoms with Crippen LogP contribution in [0.5, 0.6) is 0 Å². The van der Waals surface area contributed by atoms with E-state index in [0.717, 1.165) is 12.8 Å². The molecule has 1 aliphatic heterocycles. The van der Waals surface area contributed by atoms with Crippen molar-refractivity contribution in [3.8, 4) is 0 Å². The molecule has 0 radical (unpaired) electrons. The molecule has 1 saturated heterocycles. The third-order valence-corrected chi connectivity index (χ3v) is 5.17. The Hall–Kier alpha value is -0.660. The van der Waals surface area contributed by atoms with Crippen molar-refractivity contribution in [2.24, 2.45) is 5.73 Å². The van der Waals surface area contributed by atoms with Gasteiger partial charge >= 0.3 is 0 Å². The van der Waals surface area contributed by atoms with E-state index in [1.165, 1.54) is 4.31 Å². The summed E-state index contributed by atoms with van der Waals surface area (Å²) in [7, 11) is -3.40. The topological polar surface area (TPSA) is 92.5 Å². The monoisotopic (exact) mass is 263 g/mol. The molecule has 1 unspecified atom stereocenters. The number of carbonyl (C=O) groups excluding carboxylic acids is 1. The van der Waals surface area contributed by atoms with Gasteiger partial charge in [-0.25, -0.2) is 8.42 Å². The molecule has 1 amide bonds. The van der Waals surface area contributed by atoms with E-state index in [4.69, 9.17) is 5.73 Å². The first kappa shape index (κ1) is 14.4. The zero-order chi connectivity index (χ0) is 12.9. The first-order valence-corrected chi connectivity index (χ1v) is 7.46. The number of nitrogens with two attached hydrogens (primary N) is 1. The van der Waals surface area contributed by atoms with E-state index >= 15 is 0 Å². The molecular weight excluding hydrogens is 242 g/mol. The number of primary amides is 1. The molecule has 1 atom stereocenters. The summed E-state index contributed by atoms with van der Waals surface area (Å²) >= 11 is 0. The molecule has 100 valence electrons. The summed E-state index contributed by atoms with van der Waals surface area (Å²) in [5.74, 6) is -0.601. The average molecular weight is 263 g/mol. The van der Waals surface area contributed by atoms with Crippen LogP contribution >= 0.6 is 0 Å². The Labute approximate surface area is 103 Å². The van der Waals surface area contributed by atoms with Gasteiger partial charge in [-0.15, -0.1) is 0 Å². The lowest BCUT2D eigenvalue weighted by Crippen LogP contribution is -2.44. The van der Waals surface area contributed by atoms with Gasteiger partial charge in [-0.2, -0.15) is 4.31 Å². The molecule has 0 aliphatic carbocycles. The third-order valence-electron chi connectivity index (χ3n) is 2.89. The number of hydrogen-bond acceptors (Lipinski definition) is 4. The van der Waals surface area contributed by atoms with Crippen LogP contribution < -0.4 is 11.1 Å². The number of hydrogen-bond donors (Lipinski definition) is 2. The highest BCUT2D eigenvalue weighted by Crippen LogP contribution is 2.15. The van der Waals surface area contributed by atoms with Gasteiger partial charge in [0.15, 0.2) is 0 Å². The summed E-state index contributed by atoms with van der Waals surface area (Å²) in [4.78, 5) is 10.9. The van der Waals surface area contributed by atoms with Gasteiger partial charge in [-0.1, -0.05) is 13.3 Å². The highest BCUT2D eigenvalue weighted by Gasteiger charge is 2.34. The summed E-state index contributed by atoms with van der Waals surface area (Å²) in [6, 6.07) is 0. The van der Waals surface area contributed by atoms with Crippen molar-refractivity contribution in [3.63, 3.8) is 0 Å². The fraction of sp³-hybridized carbons (Fsp3) is 0.900. The lowest BCUT2D eigenvalue weighted by molar-refractivity contribution is -0.118. The van der Waals surface area contributed by atoms with Crippen LogP contribution in [0.3, 0.4) is 0 Å². The first-order chi connectivity index (χ1) is 7.98. The summed E-state index contributed by atoms with van der Waals surface area (Å²) in [6.07, 6.45) is 2.23. The number of sulfonamides is 1. The van der Waals surface area contributed by atoms with E-state index in [1.54, 1.807) is 0 Å². The van der Waals surface area contributed by atoms with Crippen molar-refractivity contribution >= 4 is 15.9 Å². The van der Waals surface area contributed by atoms with Crippen LogP contribution in [0.2, 0.25) is 0 Å². The van der Waals surface area contributed by atoms with E-state index in [0.29, 0.717) is 26.1 Å². The number of rotatable bonds is 7. The molecule has 0 bridgehead atoms. The number of unbranched alkanes of at least 4 members (excludes halogenated alkanes) is 1. The van der Waals surface area contributed by atoms with Crippen molar-refractivity contribution < 1.29 is 13.2 Å². The Kier molecular flexibility index (Phi) is 5.35. The molecule has 0 saturated carbocycles. The maximum atomic E-state index is 12.3. The van der Waals surface area contributed by atoms with Gasteiger partial charge in [0, 0.05) is 13.1 Å². The lowest BCUT2D eigenvalue weighted by Gasteiger charge is -2.23. The van der Waals surface area contributed by atoms with Crippen LogP contribution in [0.25, 0.3) is 0 Å². The van der Waals surface area contributed by atoms with Crippen molar-refractivity contribution in [1.29, 1.82) is 0 Å².